The van der Waals surface area contributed by atoms with Gasteiger partial charge in [-0.15, -0.1) is 0 Å². The van der Waals surface area contributed by atoms with Gasteiger partial charge in [-0.3, -0.25) is 4.79 Å². The molecule has 6 nitrogen and oxygen atoms in total. The molecule has 0 atom stereocenters. The van der Waals surface area contributed by atoms with Crippen molar-refractivity contribution in [1.82, 2.24) is 0 Å². The average Bonchev–Trinajstić information content (AvgIpc) is 2.77. The molecule has 0 fully saturated rings. The number of carbonyl (C=O) groups is 1. The van der Waals surface area contributed by atoms with E-state index >= 15 is 0 Å². The highest BCUT2D eigenvalue weighted by atomic mass is 35.5. The molecule has 0 amide bonds. The lowest BCUT2D eigenvalue weighted by Gasteiger charge is -2.21. The van der Waals surface area contributed by atoms with Gasteiger partial charge in [0.15, 0.2) is 5.78 Å². The third-order valence-corrected chi connectivity index (χ3v) is 8.33. The molecule has 0 aliphatic carbocycles. The van der Waals surface area contributed by atoms with E-state index < -0.39 is 20.0 Å². The summed E-state index contributed by atoms with van der Waals surface area (Å²) in [6.45, 7) is 1.30. The van der Waals surface area contributed by atoms with Gasteiger partial charge in [-0.1, -0.05) is 72.3 Å². The van der Waals surface area contributed by atoms with Crippen LogP contribution in [-0.2, 0) is 20.0 Å². The first-order valence-electron chi connectivity index (χ1n) is 9.67. The van der Waals surface area contributed by atoms with Crippen LogP contribution < -0.4 is 3.71 Å². The maximum atomic E-state index is 13.2. The SMILES string of the molecule is CC(=O)c1ccc(N(S(=O)(=O)C=Cc2ccccc2)S(=O)(=O)C=Cc2ccccc2)cc1Cl. The van der Waals surface area contributed by atoms with E-state index in [2.05, 4.69) is 0 Å². The number of sulfonamides is 2. The van der Waals surface area contributed by atoms with Crippen LogP contribution in [-0.4, -0.2) is 22.6 Å². The number of Topliss-reactive ketones (excluding diaryl/α,β-unsaturated/α-hetero) is 1. The zero-order chi connectivity index (χ0) is 24.1. The van der Waals surface area contributed by atoms with Crippen LogP contribution in [0.1, 0.15) is 28.4 Å². The van der Waals surface area contributed by atoms with Crippen molar-refractivity contribution in [2.24, 2.45) is 0 Å². The summed E-state index contributed by atoms with van der Waals surface area (Å²) in [5.74, 6) is -0.336. The van der Waals surface area contributed by atoms with Gasteiger partial charge in [0.2, 0.25) is 0 Å². The normalized spacial score (nSPS) is 12.3. The molecule has 33 heavy (non-hydrogen) atoms. The summed E-state index contributed by atoms with van der Waals surface area (Å²) in [5.41, 5.74) is 1.07. The molecule has 3 aromatic carbocycles. The van der Waals surface area contributed by atoms with Crippen molar-refractivity contribution in [2.75, 3.05) is 3.71 Å². The minimum absolute atomic E-state index is 0.0607. The molecule has 0 N–H and O–H groups in total. The second-order valence-electron chi connectivity index (χ2n) is 6.93. The molecule has 0 spiro atoms. The lowest BCUT2D eigenvalue weighted by molar-refractivity contribution is 0.101. The molecule has 9 heteroatoms. The van der Waals surface area contributed by atoms with Gasteiger partial charge in [-0.25, -0.2) is 16.8 Å². The van der Waals surface area contributed by atoms with Gasteiger partial charge in [0.1, 0.15) is 0 Å². The highest BCUT2D eigenvalue weighted by Gasteiger charge is 2.31. The first-order chi connectivity index (χ1) is 15.6. The van der Waals surface area contributed by atoms with E-state index in [1.807, 2.05) is 0 Å². The molecule has 0 aromatic heterocycles. The molecule has 3 aromatic rings. The Morgan fingerprint density at radius 3 is 1.61 bits per heavy atom. The number of ketones is 1. The predicted molar refractivity (Wildman–Crippen MR) is 133 cm³/mol. The lowest BCUT2D eigenvalue weighted by atomic mass is 10.1. The van der Waals surface area contributed by atoms with Crippen molar-refractivity contribution in [2.45, 2.75) is 6.92 Å². The van der Waals surface area contributed by atoms with Crippen LogP contribution in [0.5, 0.6) is 0 Å². The Bertz CT molecular complexity index is 1340. The predicted octanol–water partition coefficient (Wildman–Crippen LogP) is 5.35. The van der Waals surface area contributed by atoms with Gasteiger partial charge in [0, 0.05) is 5.56 Å². The van der Waals surface area contributed by atoms with E-state index in [0.717, 1.165) is 16.9 Å². The largest absolute Gasteiger partial charge is 0.294 e. The van der Waals surface area contributed by atoms with E-state index in [1.54, 1.807) is 60.7 Å². The van der Waals surface area contributed by atoms with Crippen molar-refractivity contribution in [1.29, 1.82) is 0 Å². The summed E-state index contributed by atoms with van der Waals surface area (Å²) < 4.78 is 53.1. The summed E-state index contributed by atoms with van der Waals surface area (Å²) >= 11 is 6.14. The molecular formula is C24H20ClNO5S2. The fourth-order valence-corrected chi connectivity index (χ4v) is 6.37. The van der Waals surface area contributed by atoms with Crippen molar-refractivity contribution < 1.29 is 21.6 Å². The monoisotopic (exact) mass is 501 g/mol. The average molecular weight is 502 g/mol. The van der Waals surface area contributed by atoms with Crippen LogP contribution in [0.4, 0.5) is 5.69 Å². The Morgan fingerprint density at radius 1 is 0.758 bits per heavy atom. The second kappa shape index (κ2) is 10.2. The number of rotatable bonds is 8. The van der Waals surface area contributed by atoms with Crippen LogP contribution in [0, 0.1) is 0 Å². The van der Waals surface area contributed by atoms with Gasteiger partial charge < -0.3 is 0 Å². The minimum Gasteiger partial charge on any atom is -0.294 e. The Hall–Kier alpha value is -3.20. The second-order valence-corrected chi connectivity index (χ2v) is 10.9. The van der Waals surface area contributed by atoms with Gasteiger partial charge >= 0.3 is 0 Å². The fourth-order valence-electron chi connectivity index (χ4n) is 2.91. The standard InChI is InChI=1S/C24H20ClNO5S2/c1-19(27)23-13-12-22(18-24(23)25)26(32(28,29)16-14-20-8-4-2-5-9-20)33(30,31)17-15-21-10-6-3-7-11-21/h2-18H,1H3. The maximum Gasteiger partial charge on any atom is 0.270 e. The Morgan fingerprint density at radius 2 is 1.21 bits per heavy atom. The maximum absolute atomic E-state index is 13.2. The molecule has 3 rings (SSSR count). The summed E-state index contributed by atoms with van der Waals surface area (Å²) in [6.07, 6.45) is 2.59. The van der Waals surface area contributed by atoms with Crippen LogP contribution in [0.25, 0.3) is 12.2 Å². The number of anilines is 1. The molecule has 0 aliphatic rings. The molecule has 0 saturated carbocycles. The number of benzene rings is 3. The fraction of sp³-hybridized carbons (Fsp3) is 0.0417. The van der Waals surface area contributed by atoms with Crippen molar-refractivity contribution in [3.05, 3.63) is 111 Å². The number of nitrogens with zero attached hydrogens (tertiary/aromatic N) is 1. The lowest BCUT2D eigenvalue weighted by Crippen LogP contribution is -2.34. The number of carbonyl (C=O) groups excluding carboxylic acids is 1. The third kappa shape index (κ3) is 6.19. The van der Waals surface area contributed by atoms with Gasteiger partial charge in [-0.2, -0.15) is 3.71 Å². The zero-order valence-electron chi connectivity index (χ0n) is 17.5. The molecule has 170 valence electrons. The molecule has 0 radical (unpaired) electrons. The van der Waals surface area contributed by atoms with Crippen molar-refractivity contribution >= 4 is 55.3 Å². The number of hydrogen-bond acceptors (Lipinski definition) is 5. The van der Waals surface area contributed by atoms with Crippen molar-refractivity contribution in [3.63, 3.8) is 0 Å². The first kappa shape index (κ1) is 24.4. The summed E-state index contributed by atoms with van der Waals surface area (Å²) in [5, 5.41) is 1.56. The molecule has 0 heterocycles. The Labute approximate surface area is 198 Å². The first-order valence-corrected chi connectivity index (χ1v) is 13.1. The van der Waals surface area contributed by atoms with Crippen molar-refractivity contribution in [3.8, 4) is 0 Å². The minimum atomic E-state index is -4.52. The number of halogens is 1. The summed E-state index contributed by atoms with van der Waals surface area (Å²) in [7, 11) is -9.03. The van der Waals surface area contributed by atoms with Crippen LogP contribution >= 0.6 is 11.6 Å². The molecule has 0 saturated heterocycles. The van der Waals surface area contributed by atoms with E-state index in [1.165, 1.54) is 31.2 Å². The van der Waals surface area contributed by atoms with Crippen LogP contribution in [0.15, 0.2) is 89.7 Å². The Balaban J connectivity index is 2.11. The van der Waals surface area contributed by atoms with Gasteiger partial charge in [0.25, 0.3) is 20.0 Å². The quantitative estimate of drug-likeness (QED) is 0.388. The number of hydrogen-bond donors (Lipinski definition) is 0. The van der Waals surface area contributed by atoms with Crippen LogP contribution in [0.2, 0.25) is 5.02 Å². The van der Waals surface area contributed by atoms with Crippen LogP contribution in [0.3, 0.4) is 0 Å². The third-order valence-electron chi connectivity index (χ3n) is 4.47. The highest BCUT2D eigenvalue weighted by Crippen LogP contribution is 2.30. The van der Waals surface area contributed by atoms with Gasteiger partial charge in [-0.05, 0) is 48.4 Å². The van der Waals surface area contributed by atoms with E-state index in [9.17, 15) is 21.6 Å². The van der Waals surface area contributed by atoms with Gasteiger partial charge in [0.05, 0.1) is 21.5 Å². The molecule has 0 bridgehead atoms. The van der Waals surface area contributed by atoms with E-state index in [4.69, 9.17) is 11.6 Å². The molecule has 0 unspecified atom stereocenters. The Kier molecular flexibility index (Phi) is 7.53. The van der Waals surface area contributed by atoms with E-state index in [-0.39, 0.29) is 25.8 Å². The molecular weight excluding hydrogens is 482 g/mol. The summed E-state index contributed by atoms with van der Waals surface area (Å²) in [6, 6.07) is 20.8. The van der Waals surface area contributed by atoms with E-state index in [0.29, 0.717) is 11.1 Å². The smallest absolute Gasteiger partial charge is 0.270 e. The summed E-state index contributed by atoms with van der Waals surface area (Å²) in [4.78, 5) is 11.7. The molecule has 0 aliphatic heterocycles. The zero-order valence-corrected chi connectivity index (χ0v) is 19.9. The topological polar surface area (TPSA) is 88.6 Å². The highest BCUT2D eigenvalue weighted by molar-refractivity contribution is 8.12.